The summed E-state index contributed by atoms with van der Waals surface area (Å²) >= 11 is 0. The van der Waals surface area contributed by atoms with Gasteiger partial charge in [0.2, 0.25) is 13.6 Å². The van der Waals surface area contributed by atoms with Gasteiger partial charge in [0, 0.05) is 6.04 Å². The van der Waals surface area contributed by atoms with Gasteiger partial charge >= 0.3 is 0 Å². The fourth-order valence-electron chi connectivity index (χ4n) is 2.73. The highest BCUT2D eigenvalue weighted by Crippen LogP contribution is 2.35. The Balaban J connectivity index is 1.43. The highest BCUT2D eigenvalue weighted by Gasteiger charge is 2.17. The average molecular weight is 299 g/mol. The molecule has 5 heteroatoms. The zero-order valence-corrected chi connectivity index (χ0v) is 12.1. The molecular formula is C17H17NO4. The zero-order chi connectivity index (χ0) is 14.9. The molecule has 0 saturated carbocycles. The van der Waals surface area contributed by atoms with Crippen molar-refractivity contribution in [1.82, 2.24) is 0 Å². The van der Waals surface area contributed by atoms with Crippen molar-refractivity contribution in [3.8, 4) is 23.0 Å². The summed E-state index contributed by atoms with van der Waals surface area (Å²) in [6.07, 6.45) is 1.73. The lowest BCUT2D eigenvalue weighted by Gasteiger charge is -2.13. The number of rotatable bonds is 4. The molecule has 2 heterocycles. The molecule has 2 aromatic rings. The Morgan fingerprint density at radius 1 is 0.818 bits per heavy atom. The summed E-state index contributed by atoms with van der Waals surface area (Å²) in [5.41, 5.74) is 8.55. The van der Waals surface area contributed by atoms with Crippen molar-refractivity contribution < 1.29 is 18.9 Å². The van der Waals surface area contributed by atoms with Crippen LogP contribution in [-0.2, 0) is 6.42 Å². The second kappa shape index (κ2) is 5.42. The maximum atomic E-state index is 6.30. The van der Waals surface area contributed by atoms with Crippen molar-refractivity contribution >= 4 is 0 Å². The SMILES string of the molecule is NC(CCc1ccc2c(c1)OCO2)c1ccc2c(c1)OCO2. The minimum Gasteiger partial charge on any atom is -0.454 e. The fourth-order valence-corrected chi connectivity index (χ4v) is 2.73. The third-order valence-electron chi connectivity index (χ3n) is 4.01. The maximum Gasteiger partial charge on any atom is 0.231 e. The van der Waals surface area contributed by atoms with E-state index in [4.69, 9.17) is 24.7 Å². The molecule has 22 heavy (non-hydrogen) atoms. The third-order valence-corrected chi connectivity index (χ3v) is 4.01. The summed E-state index contributed by atoms with van der Waals surface area (Å²) in [6.45, 7) is 0.584. The Labute approximate surface area is 128 Å². The van der Waals surface area contributed by atoms with Gasteiger partial charge in [-0.15, -0.1) is 0 Å². The van der Waals surface area contributed by atoms with Crippen molar-refractivity contribution in [1.29, 1.82) is 0 Å². The quantitative estimate of drug-likeness (QED) is 0.940. The first-order chi connectivity index (χ1) is 10.8. The van der Waals surface area contributed by atoms with E-state index in [0.29, 0.717) is 6.79 Å². The van der Waals surface area contributed by atoms with Crippen LogP contribution in [0.2, 0.25) is 0 Å². The van der Waals surface area contributed by atoms with Gasteiger partial charge in [-0.1, -0.05) is 12.1 Å². The lowest BCUT2D eigenvalue weighted by atomic mass is 9.99. The smallest absolute Gasteiger partial charge is 0.231 e. The van der Waals surface area contributed by atoms with E-state index in [1.807, 2.05) is 30.3 Å². The topological polar surface area (TPSA) is 62.9 Å². The monoisotopic (exact) mass is 299 g/mol. The molecule has 1 unspecified atom stereocenters. The van der Waals surface area contributed by atoms with Crippen LogP contribution in [0.4, 0.5) is 0 Å². The van der Waals surface area contributed by atoms with E-state index in [9.17, 15) is 0 Å². The van der Waals surface area contributed by atoms with Gasteiger partial charge in [-0.05, 0) is 48.2 Å². The third kappa shape index (κ3) is 2.44. The van der Waals surface area contributed by atoms with Crippen LogP contribution in [0, 0.1) is 0 Å². The average Bonchev–Trinajstić information content (AvgIpc) is 3.19. The predicted molar refractivity (Wildman–Crippen MR) is 80.4 cm³/mol. The van der Waals surface area contributed by atoms with Crippen LogP contribution in [0.25, 0.3) is 0 Å². The van der Waals surface area contributed by atoms with Gasteiger partial charge in [-0.2, -0.15) is 0 Å². The molecule has 2 aliphatic heterocycles. The van der Waals surface area contributed by atoms with E-state index >= 15 is 0 Å². The van der Waals surface area contributed by atoms with E-state index in [0.717, 1.165) is 41.4 Å². The first-order valence-electron chi connectivity index (χ1n) is 7.33. The Hall–Kier alpha value is -2.40. The van der Waals surface area contributed by atoms with Crippen LogP contribution in [0.1, 0.15) is 23.6 Å². The zero-order valence-electron chi connectivity index (χ0n) is 12.1. The Morgan fingerprint density at radius 2 is 1.45 bits per heavy atom. The summed E-state index contributed by atoms with van der Waals surface area (Å²) in [7, 11) is 0. The van der Waals surface area contributed by atoms with E-state index < -0.39 is 0 Å². The molecule has 4 rings (SSSR count). The summed E-state index contributed by atoms with van der Waals surface area (Å²) in [5, 5.41) is 0. The number of nitrogens with two attached hydrogens (primary N) is 1. The lowest BCUT2D eigenvalue weighted by molar-refractivity contribution is 0.173. The van der Waals surface area contributed by atoms with Gasteiger partial charge in [-0.3, -0.25) is 0 Å². The van der Waals surface area contributed by atoms with Gasteiger partial charge < -0.3 is 24.7 Å². The van der Waals surface area contributed by atoms with Crippen molar-refractivity contribution in [2.75, 3.05) is 13.6 Å². The van der Waals surface area contributed by atoms with Crippen molar-refractivity contribution in [2.24, 2.45) is 5.73 Å². The molecule has 0 fully saturated rings. The number of hydrogen-bond acceptors (Lipinski definition) is 5. The number of hydrogen-bond donors (Lipinski definition) is 1. The maximum absolute atomic E-state index is 6.30. The van der Waals surface area contributed by atoms with Crippen molar-refractivity contribution in [3.63, 3.8) is 0 Å². The van der Waals surface area contributed by atoms with Crippen molar-refractivity contribution in [3.05, 3.63) is 47.5 Å². The van der Waals surface area contributed by atoms with Crippen molar-refractivity contribution in [2.45, 2.75) is 18.9 Å². The first kappa shape index (κ1) is 13.3. The number of fused-ring (bicyclic) bond motifs is 2. The van der Waals surface area contributed by atoms with Crippen LogP contribution in [-0.4, -0.2) is 13.6 Å². The Kier molecular flexibility index (Phi) is 3.27. The molecule has 0 radical (unpaired) electrons. The molecule has 1 atom stereocenters. The van der Waals surface area contributed by atoms with Crippen LogP contribution in [0.5, 0.6) is 23.0 Å². The van der Waals surface area contributed by atoms with Crippen LogP contribution in [0.3, 0.4) is 0 Å². The van der Waals surface area contributed by atoms with E-state index in [1.165, 1.54) is 5.56 Å². The van der Waals surface area contributed by atoms with Crippen LogP contribution >= 0.6 is 0 Å². The Morgan fingerprint density at radius 3 is 2.23 bits per heavy atom. The molecule has 0 saturated heterocycles. The molecule has 0 spiro atoms. The number of benzene rings is 2. The highest BCUT2D eigenvalue weighted by molar-refractivity contribution is 5.46. The van der Waals surface area contributed by atoms with Gasteiger partial charge in [-0.25, -0.2) is 0 Å². The summed E-state index contributed by atoms with van der Waals surface area (Å²) in [4.78, 5) is 0. The number of aryl methyl sites for hydroxylation is 1. The van der Waals surface area contributed by atoms with Crippen LogP contribution in [0.15, 0.2) is 36.4 Å². The minimum atomic E-state index is -0.0417. The van der Waals surface area contributed by atoms with Gasteiger partial charge in [0.05, 0.1) is 0 Å². The standard InChI is InChI=1S/C17H17NO4/c18-13(12-3-6-15-17(8-12)22-10-20-15)4-1-11-2-5-14-16(7-11)21-9-19-14/h2-3,5-8,13H,1,4,9-10,18H2. The summed E-state index contributed by atoms with van der Waals surface area (Å²) in [6, 6.07) is 11.9. The largest absolute Gasteiger partial charge is 0.454 e. The van der Waals surface area contributed by atoms with Crippen LogP contribution < -0.4 is 24.7 Å². The molecule has 0 aromatic heterocycles. The molecule has 2 aromatic carbocycles. The molecular weight excluding hydrogens is 282 g/mol. The number of ether oxygens (including phenoxy) is 4. The Bertz CT molecular complexity index is 701. The first-order valence-corrected chi connectivity index (χ1v) is 7.33. The second-order valence-electron chi connectivity index (χ2n) is 5.45. The van der Waals surface area contributed by atoms with E-state index in [1.54, 1.807) is 0 Å². The highest BCUT2D eigenvalue weighted by atomic mass is 16.7. The molecule has 2 N–H and O–H groups in total. The predicted octanol–water partition coefficient (Wildman–Crippen LogP) is 2.78. The van der Waals surface area contributed by atoms with E-state index in [2.05, 4.69) is 6.07 Å². The fraction of sp³-hybridized carbons (Fsp3) is 0.294. The summed E-state index contributed by atoms with van der Waals surface area (Å²) in [5.74, 6) is 3.18. The minimum absolute atomic E-state index is 0.0417. The molecule has 2 aliphatic rings. The molecule has 114 valence electrons. The van der Waals surface area contributed by atoms with Gasteiger partial charge in [0.25, 0.3) is 0 Å². The second-order valence-corrected chi connectivity index (χ2v) is 5.45. The molecule has 0 bridgehead atoms. The normalized spacial score (nSPS) is 15.9. The summed E-state index contributed by atoms with van der Waals surface area (Å²) < 4.78 is 21.4. The molecule has 5 nitrogen and oxygen atoms in total. The van der Waals surface area contributed by atoms with Gasteiger partial charge in [0.15, 0.2) is 23.0 Å². The van der Waals surface area contributed by atoms with E-state index in [-0.39, 0.29) is 12.8 Å². The molecule has 0 amide bonds. The molecule has 0 aliphatic carbocycles. The van der Waals surface area contributed by atoms with Gasteiger partial charge in [0.1, 0.15) is 0 Å². The lowest BCUT2D eigenvalue weighted by Crippen LogP contribution is -2.11.